The van der Waals surface area contributed by atoms with Crippen LogP contribution in [0, 0.1) is 13.8 Å². The summed E-state index contributed by atoms with van der Waals surface area (Å²) in [6, 6.07) is 9.07. The van der Waals surface area contributed by atoms with Crippen LogP contribution in [0.15, 0.2) is 40.3 Å². The van der Waals surface area contributed by atoms with Crippen molar-refractivity contribution in [1.82, 2.24) is 4.98 Å². The van der Waals surface area contributed by atoms with E-state index < -0.39 is 5.97 Å². The highest BCUT2D eigenvalue weighted by Gasteiger charge is 2.17. The molecule has 5 heteroatoms. The number of benzene rings is 1. The van der Waals surface area contributed by atoms with Gasteiger partial charge in [0.25, 0.3) is 0 Å². The fourth-order valence-electron chi connectivity index (χ4n) is 1.77. The van der Waals surface area contributed by atoms with Gasteiger partial charge in [-0.05, 0) is 37.6 Å². The van der Waals surface area contributed by atoms with E-state index in [0.29, 0.717) is 15.6 Å². The summed E-state index contributed by atoms with van der Waals surface area (Å²) in [5.74, 6) is -0.973. The van der Waals surface area contributed by atoms with Gasteiger partial charge in [0, 0.05) is 10.6 Å². The lowest BCUT2D eigenvalue weighted by Crippen LogP contribution is -2.05. The summed E-state index contributed by atoms with van der Waals surface area (Å²) in [4.78, 5) is 16.5. The second-order valence-corrected chi connectivity index (χ2v) is 5.54. The Balaban J connectivity index is 2.51. The van der Waals surface area contributed by atoms with Crippen LogP contribution in [-0.2, 0) is 0 Å². The summed E-state index contributed by atoms with van der Waals surface area (Å²) in [6.07, 6.45) is 0. The monoisotopic (exact) mass is 293 g/mol. The van der Waals surface area contributed by atoms with E-state index in [1.165, 1.54) is 11.8 Å². The molecule has 2 rings (SSSR count). The Bertz CT molecular complexity index is 643. The molecule has 3 nitrogen and oxygen atoms in total. The summed E-state index contributed by atoms with van der Waals surface area (Å²) < 4.78 is 0. The zero-order valence-corrected chi connectivity index (χ0v) is 12.0. The number of aryl methyl sites for hydroxylation is 2. The van der Waals surface area contributed by atoms with E-state index in [2.05, 4.69) is 4.98 Å². The third-order valence-corrected chi connectivity index (χ3v) is 4.07. The molecule has 0 atom stereocenters. The van der Waals surface area contributed by atoms with Crippen LogP contribution in [0.5, 0.6) is 0 Å². The number of nitrogens with zero attached hydrogens (tertiary/aromatic N) is 1. The molecule has 1 heterocycles. The van der Waals surface area contributed by atoms with Crippen molar-refractivity contribution in [3.05, 3.63) is 52.2 Å². The number of hydrogen-bond acceptors (Lipinski definition) is 3. The van der Waals surface area contributed by atoms with Gasteiger partial charge in [-0.1, -0.05) is 35.5 Å². The van der Waals surface area contributed by atoms with Crippen molar-refractivity contribution in [2.45, 2.75) is 23.8 Å². The van der Waals surface area contributed by atoms with Gasteiger partial charge < -0.3 is 5.11 Å². The molecule has 0 fully saturated rings. The standard InChI is InChI=1S/C14H12ClNO2S/c1-8-7-9(2)16-13(12(8)14(17)18)19-11-6-4-3-5-10(11)15/h3-7H,1-2H3,(H,17,18). The first kappa shape index (κ1) is 13.9. The predicted octanol–water partition coefficient (Wildman–Crippen LogP) is 4.20. The average Bonchev–Trinajstić information content (AvgIpc) is 2.30. The minimum Gasteiger partial charge on any atom is -0.478 e. The number of carbonyl (C=O) groups is 1. The van der Waals surface area contributed by atoms with Crippen LogP contribution in [-0.4, -0.2) is 16.1 Å². The second-order valence-electron chi connectivity index (χ2n) is 4.10. The van der Waals surface area contributed by atoms with Gasteiger partial charge in [-0.25, -0.2) is 9.78 Å². The number of hydrogen-bond donors (Lipinski definition) is 1. The van der Waals surface area contributed by atoms with Crippen LogP contribution in [0.4, 0.5) is 0 Å². The van der Waals surface area contributed by atoms with Crippen molar-refractivity contribution in [2.24, 2.45) is 0 Å². The third kappa shape index (κ3) is 3.08. The zero-order valence-electron chi connectivity index (χ0n) is 10.5. The fourth-order valence-corrected chi connectivity index (χ4v) is 3.08. The number of halogens is 1. The summed E-state index contributed by atoms with van der Waals surface area (Å²) in [7, 11) is 0. The summed E-state index contributed by atoms with van der Waals surface area (Å²) in [5, 5.41) is 10.4. The maximum absolute atomic E-state index is 11.3. The van der Waals surface area contributed by atoms with Gasteiger partial charge in [0.15, 0.2) is 0 Å². The highest BCUT2D eigenvalue weighted by atomic mass is 35.5. The molecule has 0 saturated heterocycles. The number of carboxylic acids is 1. The largest absolute Gasteiger partial charge is 0.478 e. The molecule has 0 saturated carbocycles. The first-order valence-corrected chi connectivity index (χ1v) is 6.82. The molecule has 2 aromatic rings. The van der Waals surface area contributed by atoms with E-state index in [0.717, 1.165) is 10.6 Å². The van der Waals surface area contributed by atoms with Gasteiger partial charge in [-0.15, -0.1) is 0 Å². The lowest BCUT2D eigenvalue weighted by molar-refractivity contribution is 0.0691. The van der Waals surface area contributed by atoms with E-state index in [4.69, 9.17) is 11.6 Å². The van der Waals surface area contributed by atoms with Crippen molar-refractivity contribution in [3.63, 3.8) is 0 Å². The first-order valence-electron chi connectivity index (χ1n) is 5.63. The van der Waals surface area contributed by atoms with Crippen molar-refractivity contribution < 1.29 is 9.90 Å². The SMILES string of the molecule is Cc1cc(C)c(C(=O)O)c(Sc2ccccc2Cl)n1. The van der Waals surface area contributed by atoms with Crippen LogP contribution in [0.25, 0.3) is 0 Å². The number of aromatic carboxylic acids is 1. The molecule has 0 amide bonds. The van der Waals surface area contributed by atoms with Gasteiger partial charge in [-0.3, -0.25) is 0 Å². The molecule has 0 spiro atoms. The Labute approximate surface area is 120 Å². The molecule has 98 valence electrons. The van der Waals surface area contributed by atoms with Crippen molar-refractivity contribution in [1.29, 1.82) is 0 Å². The molecule has 0 aliphatic rings. The Morgan fingerprint density at radius 2 is 2.00 bits per heavy atom. The molecule has 0 radical (unpaired) electrons. The average molecular weight is 294 g/mol. The summed E-state index contributed by atoms with van der Waals surface area (Å²) >= 11 is 7.36. The topological polar surface area (TPSA) is 50.2 Å². The molecular weight excluding hydrogens is 282 g/mol. The minimum absolute atomic E-state index is 0.232. The van der Waals surface area contributed by atoms with Crippen molar-refractivity contribution in [2.75, 3.05) is 0 Å². The lowest BCUT2D eigenvalue weighted by atomic mass is 10.1. The molecule has 1 aromatic heterocycles. The molecular formula is C14H12ClNO2S. The van der Waals surface area contributed by atoms with E-state index in [1.807, 2.05) is 25.1 Å². The minimum atomic E-state index is -0.973. The fraction of sp³-hybridized carbons (Fsp3) is 0.143. The lowest BCUT2D eigenvalue weighted by Gasteiger charge is -2.10. The Hall–Kier alpha value is -1.52. The first-order chi connectivity index (χ1) is 8.99. The highest BCUT2D eigenvalue weighted by Crippen LogP contribution is 2.34. The number of carboxylic acid groups (broad SMARTS) is 1. The quantitative estimate of drug-likeness (QED) is 0.921. The van der Waals surface area contributed by atoms with E-state index in [9.17, 15) is 9.90 Å². The van der Waals surface area contributed by atoms with Crippen LogP contribution < -0.4 is 0 Å². The number of aromatic nitrogens is 1. The summed E-state index contributed by atoms with van der Waals surface area (Å²) in [6.45, 7) is 3.62. The third-order valence-electron chi connectivity index (χ3n) is 2.57. The van der Waals surface area contributed by atoms with Crippen LogP contribution in [0.1, 0.15) is 21.6 Å². The van der Waals surface area contributed by atoms with Gasteiger partial charge in [0.05, 0.1) is 10.6 Å². The predicted molar refractivity (Wildman–Crippen MR) is 76.2 cm³/mol. The molecule has 0 bridgehead atoms. The molecule has 19 heavy (non-hydrogen) atoms. The van der Waals surface area contributed by atoms with Gasteiger partial charge in [0.1, 0.15) is 5.03 Å². The van der Waals surface area contributed by atoms with E-state index >= 15 is 0 Å². The van der Waals surface area contributed by atoms with Gasteiger partial charge in [0.2, 0.25) is 0 Å². The molecule has 0 aliphatic heterocycles. The number of pyridine rings is 1. The van der Waals surface area contributed by atoms with E-state index in [-0.39, 0.29) is 5.56 Å². The normalized spacial score (nSPS) is 10.5. The van der Waals surface area contributed by atoms with Gasteiger partial charge >= 0.3 is 5.97 Å². The number of rotatable bonds is 3. The van der Waals surface area contributed by atoms with E-state index in [1.54, 1.807) is 19.1 Å². The Kier molecular flexibility index (Phi) is 4.12. The molecule has 1 N–H and O–H groups in total. The van der Waals surface area contributed by atoms with Crippen LogP contribution in [0.2, 0.25) is 5.02 Å². The molecule has 1 aromatic carbocycles. The van der Waals surface area contributed by atoms with Gasteiger partial charge in [-0.2, -0.15) is 0 Å². The highest BCUT2D eigenvalue weighted by molar-refractivity contribution is 7.99. The van der Waals surface area contributed by atoms with Crippen LogP contribution >= 0.6 is 23.4 Å². The smallest absolute Gasteiger partial charge is 0.338 e. The molecule has 0 unspecified atom stereocenters. The van der Waals surface area contributed by atoms with Crippen LogP contribution in [0.3, 0.4) is 0 Å². The maximum atomic E-state index is 11.3. The Morgan fingerprint density at radius 1 is 1.32 bits per heavy atom. The van der Waals surface area contributed by atoms with Crippen molar-refractivity contribution >= 4 is 29.3 Å². The second kappa shape index (κ2) is 5.63. The summed E-state index contributed by atoms with van der Waals surface area (Å²) in [5.41, 5.74) is 1.72. The molecule has 0 aliphatic carbocycles. The Morgan fingerprint density at radius 3 is 2.63 bits per heavy atom. The van der Waals surface area contributed by atoms with Crippen molar-refractivity contribution in [3.8, 4) is 0 Å². The maximum Gasteiger partial charge on any atom is 0.338 e. The zero-order chi connectivity index (χ0) is 14.0.